The first-order valence-electron chi connectivity index (χ1n) is 3.96. The molecule has 0 saturated carbocycles. The van der Waals surface area contributed by atoms with Crippen LogP contribution in [-0.4, -0.2) is 28.7 Å². The fourth-order valence-corrected chi connectivity index (χ4v) is 1.25. The van der Waals surface area contributed by atoms with Gasteiger partial charge in [0.15, 0.2) is 0 Å². The molecule has 0 spiro atoms. The van der Waals surface area contributed by atoms with Crippen molar-refractivity contribution in [3.05, 3.63) is 33.9 Å². The predicted octanol–water partition coefficient (Wildman–Crippen LogP) is 0.246. The lowest BCUT2D eigenvalue weighted by atomic mass is 10.0. The van der Waals surface area contributed by atoms with E-state index in [1.807, 2.05) is 0 Å². The minimum atomic E-state index is -1.08. The highest BCUT2D eigenvalue weighted by Gasteiger charge is 2.31. The van der Waals surface area contributed by atoms with Gasteiger partial charge in [-0.25, -0.2) is 9.59 Å². The largest absolute Gasteiger partial charge is 0.442 e. The monoisotopic (exact) mass is 208 g/mol. The molecule has 0 saturated heterocycles. The van der Waals surface area contributed by atoms with E-state index in [1.165, 1.54) is 12.2 Å². The summed E-state index contributed by atoms with van der Waals surface area (Å²) < 4.78 is 4.19. The van der Waals surface area contributed by atoms with Crippen LogP contribution in [0.1, 0.15) is 0 Å². The number of rotatable bonds is 1. The van der Waals surface area contributed by atoms with Gasteiger partial charge in [-0.3, -0.25) is 10.1 Å². The molecule has 0 aromatic rings. The maximum absolute atomic E-state index is 11.2. The van der Waals surface area contributed by atoms with E-state index in [2.05, 4.69) is 9.73 Å². The van der Waals surface area contributed by atoms with Crippen molar-refractivity contribution in [3.63, 3.8) is 0 Å². The Hall–Kier alpha value is -2.31. The lowest BCUT2D eigenvalue weighted by Crippen LogP contribution is -2.29. The number of amides is 1. The van der Waals surface area contributed by atoms with Crippen LogP contribution in [0.25, 0.3) is 0 Å². The summed E-state index contributed by atoms with van der Waals surface area (Å²) in [6, 6.07) is -1.08. The molecule has 0 N–H and O–H groups in total. The van der Waals surface area contributed by atoms with Crippen LogP contribution in [0.3, 0.4) is 0 Å². The van der Waals surface area contributed by atoms with Crippen LogP contribution in [0.5, 0.6) is 0 Å². The second kappa shape index (κ2) is 3.12. The number of ether oxygens (including phenoxy) is 1. The topological polar surface area (TPSA) is 98.9 Å². The number of carbonyl (C=O) groups is 2. The molecule has 15 heavy (non-hydrogen) atoms. The zero-order valence-corrected chi connectivity index (χ0v) is 7.25. The molecule has 7 heteroatoms. The van der Waals surface area contributed by atoms with E-state index in [0.29, 0.717) is 0 Å². The molecule has 1 aliphatic heterocycles. The number of cyclic esters (lactones) is 2. The molecule has 76 valence electrons. The van der Waals surface area contributed by atoms with Crippen LogP contribution in [0.4, 0.5) is 4.79 Å². The SMILES string of the molecule is O=C1N=C2C=CC([N+](=O)[O-])C=C2C(=O)O1. The standard InChI is InChI=1S/C8H4N2O5/c11-7-5-3-4(10(13)14)1-2-6(5)9-8(12)15-7/h1-4H. The summed E-state index contributed by atoms with van der Waals surface area (Å²) in [6.07, 6.45) is 2.61. The summed E-state index contributed by atoms with van der Waals surface area (Å²) in [7, 11) is 0. The molecule has 0 radical (unpaired) electrons. The second-order valence-electron chi connectivity index (χ2n) is 2.87. The van der Waals surface area contributed by atoms with Crippen LogP contribution >= 0.6 is 0 Å². The Morgan fingerprint density at radius 1 is 1.47 bits per heavy atom. The third-order valence-corrected chi connectivity index (χ3v) is 1.92. The van der Waals surface area contributed by atoms with Gasteiger partial charge < -0.3 is 4.74 Å². The number of fused-ring (bicyclic) bond motifs is 1. The summed E-state index contributed by atoms with van der Waals surface area (Å²) in [6.45, 7) is 0. The summed E-state index contributed by atoms with van der Waals surface area (Å²) in [4.78, 5) is 35.2. The van der Waals surface area contributed by atoms with Crippen LogP contribution in [0, 0.1) is 10.1 Å². The van der Waals surface area contributed by atoms with E-state index < -0.39 is 23.0 Å². The Morgan fingerprint density at radius 2 is 2.20 bits per heavy atom. The third-order valence-electron chi connectivity index (χ3n) is 1.92. The molecule has 2 rings (SSSR count). The maximum atomic E-state index is 11.2. The fraction of sp³-hybridized carbons (Fsp3) is 0.125. The Bertz CT molecular complexity index is 460. The Labute approximate surface area is 82.9 Å². The van der Waals surface area contributed by atoms with Crippen molar-refractivity contribution in [1.29, 1.82) is 0 Å². The van der Waals surface area contributed by atoms with Gasteiger partial charge in [-0.2, -0.15) is 4.99 Å². The smallest absolute Gasteiger partial charge is 0.371 e. The molecule has 0 bridgehead atoms. The average molecular weight is 208 g/mol. The molecular weight excluding hydrogens is 204 g/mol. The van der Waals surface area contributed by atoms with Gasteiger partial charge in [0, 0.05) is 11.0 Å². The van der Waals surface area contributed by atoms with E-state index in [0.717, 1.165) is 6.08 Å². The number of nitrogens with zero attached hydrogens (tertiary/aromatic N) is 2. The van der Waals surface area contributed by atoms with Crippen molar-refractivity contribution in [1.82, 2.24) is 0 Å². The van der Waals surface area contributed by atoms with E-state index in [9.17, 15) is 19.7 Å². The van der Waals surface area contributed by atoms with Crippen LogP contribution in [-0.2, 0) is 9.53 Å². The molecule has 1 aliphatic carbocycles. The summed E-state index contributed by atoms with van der Waals surface area (Å²) in [5.74, 6) is -0.902. The maximum Gasteiger partial charge on any atom is 0.442 e. The van der Waals surface area contributed by atoms with Crippen molar-refractivity contribution >= 4 is 17.8 Å². The van der Waals surface area contributed by atoms with Crippen LogP contribution in [0.15, 0.2) is 28.8 Å². The zero-order chi connectivity index (χ0) is 11.0. The van der Waals surface area contributed by atoms with Gasteiger partial charge in [-0.15, -0.1) is 0 Å². The normalized spacial score (nSPS) is 23.9. The van der Waals surface area contributed by atoms with E-state index in [1.54, 1.807) is 0 Å². The number of allylic oxidation sites excluding steroid dienone is 1. The third kappa shape index (κ3) is 1.54. The Kier molecular flexibility index (Phi) is 1.93. The molecule has 1 atom stereocenters. The van der Waals surface area contributed by atoms with Crippen molar-refractivity contribution in [2.75, 3.05) is 0 Å². The lowest BCUT2D eigenvalue weighted by Gasteiger charge is -2.14. The Balaban J connectivity index is 2.43. The minimum Gasteiger partial charge on any atom is -0.371 e. The number of nitro groups is 1. The zero-order valence-electron chi connectivity index (χ0n) is 7.25. The Morgan fingerprint density at radius 3 is 2.87 bits per heavy atom. The van der Waals surface area contributed by atoms with Gasteiger partial charge >= 0.3 is 12.1 Å². The van der Waals surface area contributed by atoms with Crippen LogP contribution in [0.2, 0.25) is 0 Å². The summed E-state index contributed by atoms with van der Waals surface area (Å²) in [5, 5.41) is 10.5. The van der Waals surface area contributed by atoms with Crippen molar-refractivity contribution in [3.8, 4) is 0 Å². The van der Waals surface area contributed by atoms with Gasteiger partial charge in [0.25, 0.3) is 6.04 Å². The van der Waals surface area contributed by atoms with Crippen molar-refractivity contribution in [2.24, 2.45) is 4.99 Å². The molecule has 1 amide bonds. The molecular formula is C8H4N2O5. The number of aliphatic imine (C=N–C) groups is 1. The van der Waals surface area contributed by atoms with Gasteiger partial charge in [-0.1, -0.05) is 0 Å². The van der Waals surface area contributed by atoms with Gasteiger partial charge in [0.05, 0.1) is 11.3 Å². The van der Waals surface area contributed by atoms with Gasteiger partial charge in [0.2, 0.25) is 0 Å². The van der Waals surface area contributed by atoms with Crippen LogP contribution < -0.4 is 0 Å². The van der Waals surface area contributed by atoms with Crippen molar-refractivity contribution < 1.29 is 19.2 Å². The van der Waals surface area contributed by atoms with Gasteiger partial charge in [0.1, 0.15) is 0 Å². The molecule has 0 aromatic carbocycles. The number of carbonyl (C=O) groups excluding carboxylic acids is 2. The quantitative estimate of drug-likeness (QED) is 0.266. The number of hydrogen-bond acceptors (Lipinski definition) is 5. The van der Waals surface area contributed by atoms with E-state index in [-0.39, 0.29) is 11.3 Å². The fourth-order valence-electron chi connectivity index (χ4n) is 1.25. The minimum absolute atomic E-state index is 0.0428. The summed E-state index contributed by atoms with van der Waals surface area (Å²) in [5.41, 5.74) is 0.0631. The highest BCUT2D eigenvalue weighted by atomic mass is 16.6. The first kappa shape index (κ1) is 9.25. The predicted molar refractivity (Wildman–Crippen MR) is 46.9 cm³/mol. The molecule has 2 aliphatic rings. The highest BCUT2D eigenvalue weighted by Crippen LogP contribution is 2.17. The molecule has 0 aromatic heterocycles. The molecule has 1 heterocycles. The number of hydrogen-bond donors (Lipinski definition) is 0. The average Bonchev–Trinajstić information content (AvgIpc) is 2.16. The lowest BCUT2D eigenvalue weighted by molar-refractivity contribution is -0.496. The molecule has 1 unspecified atom stereocenters. The second-order valence-corrected chi connectivity index (χ2v) is 2.87. The summed E-state index contributed by atoms with van der Waals surface area (Å²) >= 11 is 0. The van der Waals surface area contributed by atoms with Crippen molar-refractivity contribution in [2.45, 2.75) is 6.04 Å². The highest BCUT2D eigenvalue weighted by molar-refractivity contribution is 6.30. The number of esters is 1. The first-order chi connectivity index (χ1) is 7.08. The van der Waals surface area contributed by atoms with E-state index in [4.69, 9.17) is 0 Å². The molecule has 0 fully saturated rings. The van der Waals surface area contributed by atoms with Gasteiger partial charge in [-0.05, 0) is 12.2 Å². The molecule has 7 nitrogen and oxygen atoms in total. The first-order valence-corrected chi connectivity index (χ1v) is 3.96. The van der Waals surface area contributed by atoms with E-state index >= 15 is 0 Å².